The summed E-state index contributed by atoms with van der Waals surface area (Å²) >= 11 is 1.53. The lowest BCUT2D eigenvalue weighted by molar-refractivity contribution is -0.138. The zero-order chi connectivity index (χ0) is 21.1. The van der Waals surface area contributed by atoms with E-state index in [2.05, 4.69) is 0 Å². The van der Waals surface area contributed by atoms with Crippen molar-refractivity contribution in [2.24, 2.45) is 0 Å². The minimum atomic E-state index is -0.557. The summed E-state index contributed by atoms with van der Waals surface area (Å²) in [6.45, 7) is 0. The minimum Gasteiger partial charge on any atom is -0.466 e. The number of ether oxygens (including phenoxy) is 2. The van der Waals surface area contributed by atoms with Gasteiger partial charge in [-0.1, -0.05) is 66.7 Å². The van der Waals surface area contributed by atoms with E-state index < -0.39 is 17.9 Å². The van der Waals surface area contributed by atoms with Crippen LogP contribution in [-0.2, 0) is 19.1 Å². The van der Waals surface area contributed by atoms with Crippen molar-refractivity contribution in [3.8, 4) is 0 Å². The highest BCUT2D eigenvalue weighted by Crippen LogP contribution is 2.45. The Bertz CT molecular complexity index is 1140. The van der Waals surface area contributed by atoms with Crippen molar-refractivity contribution in [1.82, 2.24) is 0 Å². The lowest BCUT2D eigenvalue weighted by Crippen LogP contribution is -2.18. The Morgan fingerprint density at radius 1 is 0.833 bits per heavy atom. The number of rotatable bonds is 4. The molecule has 1 aliphatic carbocycles. The largest absolute Gasteiger partial charge is 0.466 e. The van der Waals surface area contributed by atoms with E-state index in [1.54, 1.807) is 0 Å². The molecule has 3 aromatic rings. The molecule has 0 aliphatic heterocycles. The number of fused-ring (bicyclic) bond motifs is 1. The molecule has 0 N–H and O–H groups in total. The van der Waals surface area contributed by atoms with Crippen LogP contribution in [0.3, 0.4) is 0 Å². The lowest BCUT2D eigenvalue weighted by Gasteiger charge is -2.18. The molecule has 1 aromatic heterocycles. The van der Waals surface area contributed by atoms with Gasteiger partial charge >= 0.3 is 11.9 Å². The summed E-state index contributed by atoms with van der Waals surface area (Å²) in [5.41, 5.74) is 4.08. The molecule has 0 fully saturated rings. The van der Waals surface area contributed by atoms with Crippen LogP contribution in [-0.4, -0.2) is 26.2 Å². The maximum absolute atomic E-state index is 13.0. The number of carbonyl (C=O) groups excluding carboxylic acids is 2. The highest BCUT2D eigenvalue weighted by molar-refractivity contribution is 7.11. The predicted molar refractivity (Wildman–Crippen MR) is 118 cm³/mol. The van der Waals surface area contributed by atoms with Crippen molar-refractivity contribution in [2.75, 3.05) is 14.2 Å². The lowest BCUT2D eigenvalue weighted by atomic mass is 9.86. The third kappa shape index (κ3) is 3.48. The Balaban J connectivity index is 2.08. The molecule has 0 amide bonds. The second kappa shape index (κ2) is 8.51. The maximum atomic E-state index is 13.0. The number of carbonyl (C=O) groups is 2. The quantitative estimate of drug-likeness (QED) is 0.557. The van der Waals surface area contributed by atoms with E-state index in [1.165, 1.54) is 25.6 Å². The van der Waals surface area contributed by atoms with Crippen molar-refractivity contribution in [3.63, 3.8) is 0 Å². The summed E-state index contributed by atoms with van der Waals surface area (Å²) in [6.07, 6.45) is 2.04. The molecule has 30 heavy (non-hydrogen) atoms. The molecule has 0 bridgehead atoms. The van der Waals surface area contributed by atoms with Crippen LogP contribution in [0.2, 0.25) is 0 Å². The third-order valence-corrected chi connectivity index (χ3v) is 6.08. The first-order chi connectivity index (χ1) is 14.7. The van der Waals surface area contributed by atoms with Crippen molar-refractivity contribution in [3.05, 3.63) is 105 Å². The molecule has 1 heterocycles. The van der Waals surface area contributed by atoms with Gasteiger partial charge in [-0.2, -0.15) is 0 Å². The van der Waals surface area contributed by atoms with Gasteiger partial charge in [-0.15, -0.1) is 11.3 Å². The van der Waals surface area contributed by atoms with E-state index in [9.17, 15) is 9.59 Å². The van der Waals surface area contributed by atoms with Gasteiger partial charge in [0.1, 0.15) is 0 Å². The normalized spacial score (nSPS) is 15.7. The van der Waals surface area contributed by atoms with Gasteiger partial charge in [0.2, 0.25) is 0 Å². The SMILES string of the molecule is COC(=O)C1=C(C(=O)OC)C(c2ccccc2)C=C(c2ccccc2)c2sccc21. The molecule has 0 saturated heterocycles. The summed E-state index contributed by atoms with van der Waals surface area (Å²) in [5, 5.41) is 1.92. The van der Waals surface area contributed by atoms with Crippen LogP contribution in [0.4, 0.5) is 0 Å². The van der Waals surface area contributed by atoms with Crippen LogP contribution in [0.15, 0.2) is 83.8 Å². The second-order valence-corrected chi connectivity index (χ2v) is 7.69. The number of hydrogen-bond acceptors (Lipinski definition) is 5. The molecule has 1 aliphatic rings. The standard InChI is InChI=1S/C25H20O4S/c1-28-24(26)21-18-13-14-30-23(18)20(17-11-7-4-8-12-17)15-19(22(21)25(27)29-2)16-9-5-3-6-10-16/h3-15,19H,1-2H3. The van der Waals surface area contributed by atoms with Crippen molar-refractivity contribution in [1.29, 1.82) is 0 Å². The fourth-order valence-electron chi connectivity index (χ4n) is 3.77. The van der Waals surface area contributed by atoms with Gasteiger partial charge in [-0.25, -0.2) is 9.59 Å². The average Bonchev–Trinajstić information content (AvgIpc) is 3.22. The van der Waals surface area contributed by atoms with Gasteiger partial charge in [0, 0.05) is 16.4 Å². The fraction of sp³-hybridized carbons (Fsp3) is 0.120. The third-order valence-electron chi connectivity index (χ3n) is 5.13. The molecule has 0 radical (unpaired) electrons. The van der Waals surface area contributed by atoms with Gasteiger partial charge in [0.25, 0.3) is 0 Å². The van der Waals surface area contributed by atoms with Gasteiger partial charge in [-0.3, -0.25) is 0 Å². The first-order valence-corrected chi connectivity index (χ1v) is 10.3. The summed E-state index contributed by atoms with van der Waals surface area (Å²) in [4.78, 5) is 26.8. The highest BCUT2D eigenvalue weighted by Gasteiger charge is 2.35. The Morgan fingerprint density at radius 2 is 1.47 bits per heavy atom. The predicted octanol–water partition coefficient (Wildman–Crippen LogP) is 5.08. The van der Waals surface area contributed by atoms with Gasteiger partial charge in [-0.05, 0) is 28.1 Å². The summed E-state index contributed by atoms with van der Waals surface area (Å²) in [7, 11) is 2.65. The molecule has 5 heteroatoms. The number of thiophene rings is 1. The van der Waals surface area contributed by atoms with E-state index in [-0.39, 0.29) is 11.1 Å². The molecule has 4 nitrogen and oxygen atoms in total. The van der Waals surface area contributed by atoms with Crippen LogP contribution < -0.4 is 0 Å². The molecular weight excluding hydrogens is 396 g/mol. The first kappa shape index (κ1) is 19.9. The first-order valence-electron chi connectivity index (χ1n) is 9.47. The molecule has 1 unspecified atom stereocenters. The maximum Gasteiger partial charge on any atom is 0.339 e. The summed E-state index contributed by atoms with van der Waals surface area (Å²) in [6, 6.07) is 21.5. The molecular formula is C25H20O4S. The molecule has 4 rings (SSSR count). The minimum absolute atomic E-state index is 0.247. The van der Waals surface area contributed by atoms with Crippen LogP contribution in [0.25, 0.3) is 11.1 Å². The van der Waals surface area contributed by atoms with Crippen LogP contribution in [0.5, 0.6) is 0 Å². The number of methoxy groups -OCH3 is 2. The Morgan fingerprint density at radius 3 is 2.10 bits per heavy atom. The monoisotopic (exact) mass is 416 g/mol. The average molecular weight is 416 g/mol. The van der Waals surface area contributed by atoms with Gasteiger partial charge in [0.05, 0.1) is 25.4 Å². The van der Waals surface area contributed by atoms with Crippen LogP contribution >= 0.6 is 11.3 Å². The van der Waals surface area contributed by atoms with E-state index in [1.807, 2.05) is 78.2 Å². The summed E-state index contributed by atoms with van der Waals surface area (Å²) in [5.74, 6) is -1.58. The Hall–Kier alpha value is -3.44. The number of benzene rings is 2. The smallest absolute Gasteiger partial charge is 0.339 e. The topological polar surface area (TPSA) is 52.6 Å². The van der Waals surface area contributed by atoms with Crippen molar-refractivity contribution in [2.45, 2.75) is 5.92 Å². The van der Waals surface area contributed by atoms with E-state index >= 15 is 0 Å². The number of allylic oxidation sites excluding steroid dienone is 1. The number of hydrogen-bond donors (Lipinski definition) is 0. The fourth-order valence-corrected chi connectivity index (χ4v) is 4.72. The van der Waals surface area contributed by atoms with E-state index in [4.69, 9.17) is 9.47 Å². The molecule has 0 saturated carbocycles. The van der Waals surface area contributed by atoms with E-state index in [0.717, 1.165) is 21.6 Å². The Labute approximate surface area is 179 Å². The Kier molecular flexibility index (Phi) is 5.63. The second-order valence-electron chi connectivity index (χ2n) is 6.77. The van der Waals surface area contributed by atoms with E-state index in [0.29, 0.717) is 5.56 Å². The molecule has 150 valence electrons. The van der Waals surface area contributed by atoms with Gasteiger partial charge in [0.15, 0.2) is 0 Å². The zero-order valence-corrected chi connectivity index (χ0v) is 17.4. The van der Waals surface area contributed by atoms with Crippen molar-refractivity contribution >= 4 is 34.4 Å². The van der Waals surface area contributed by atoms with Gasteiger partial charge < -0.3 is 9.47 Å². The summed E-state index contributed by atoms with van der Waals surface area (Å²) < 4.78 is 10.2. The van der Waals surface area contributed by atoms with Crippen molar-refractivity contribution < 1.29 is 19.1 Å². The highest BCUT2D eigenvalue weighted by atomic mass is 32.1. The number of esters is 2. The van der Waals surface area contributed by atoms with Crippen LogP contribution in [0.1, 0.15) is 27.5 Å². The zero-order valence-electron chi connectivity index (χ0n) is 16.6. The molecule has 1 atom stereocenters. The van der Waals surface area contributed by atoms with Crippen LogP contribution in [0, 0.1) is 0 Å². The molecule has 2 aromatic carbocycles. The molecule has 0 spiro atoms.